The van der Waals surface area contributed by atoms with Crippen molar-refractivity contribution < 1.29 is 0 Å². The van der Waals surface area contributed by atoms with Crippen LogP contribution in [0.5, 0.6) is 0 Å². The average Bonchev–Trinajstić information content (AvgIpc) is 2.10. The third kappa shape index (κ3) is 1.80. The Morgan fingerprint density at radius 2 is 2.22 bits per heavy atom. The molecule has 1 rings (SSSR count). The summed E-state index contributed by atoms with van der Waals surface area (Å²) >= 11 is 2.53. The summed E-state index contributed by atoms with van der Waals surface area (Å²) < 4.78 is 0.895. The predicted molar refractivity (Wildman–Crippen MR) is 48.8 cm³/mol. The summed E-state index contributed by atoms with van der Waals surface area (Å²) in [4.78, 5) is 0. The van der Waals surface area contributed by atoms with E-state index in [1.807, 2.05) is 0 Å². The summed E-state index contributed by atoms with van der Waals surface area (Å²) in [6.45, 7) is 3.21. The van der Waals surface area contributed by atoms with Crippen LogP contribution in [0.4, 0.5) is 0 Å². The van der Waals surface area contributed by atoms with Gasteiger partial charge in [-0.25, -0.2) is 0 Å². The Balaban J connectivity index is 2.38. The van der Waals surface area contributed by atoms with Crippen molar-refractivity contribution in [3.63, 3.8) is 0 Å². The van der Waals surface area contributed by atoms with Crippen LogP contribution in [0, 0.1) is 11.8 Å². The molecule has 3 atom stereocenters. The van der Waals surface area contributed by atoms with Crippen molar-refractivity contribution in [3.8, 4) is 0 Å². The zero-order chi connectivity index (χ0) is 6.85. The molecule has 9 heavy (non-hydrogen) atoms. The molecule has 1 fully saturated rings. The van der Waals surface area contributed by atoms with E-state index in [2.05, 4.69) is 29.5 Å². The predicted octanol–water partition coefficient (Wildman–Crippen LogP) is 1.79. The Labute approximate surface area is 70.5 Å². The lowest BCUT2D eigenvalue weighted by Crippen LogP contribution is -2.16. The zero-order valence-corrected chi connectivity index (χ0v) is 7.97. The van der Waals surface area contributed by atoms with Gasteiger partial charge in [-0.3, -0.25) is 0 Å². The van der Waals surface area contributed by atoms with Gasteiger partial charge in [-0.05, 0) is 31.2 Å². The summed E-state index contributed by atoms with van der Waals surface area (Å²) in [5.74, 6) is 1.68. The van der Waals surface area contributed by atoms with Gasteiger partial charge in [0.15, 0.2) is 0 Å². The van der Waals surface area contributed by atoms with Crippen molar-refractivity contribution in [2.45, 2.75) is 23.7 Å². The van der Waals surface area contributed by atoms with E-state index in [4.69, 9.17) is 5.73 Å². The van der Waals surface area contributed by atoms with Crippen LogP contribution in [0.25, 0.3) is 0 Å². The van der Waals surface area contributed by atoms with Crippen LogP contribution in [-0.2, 0) is 0 Å². The molecular weight excluding hydrogens is 225 g/mol. The monoisotopic (exact) mass is 239 g/mol. The standard InChI is InChI=1S/C7H14IN/c1-5-2-7(8)3-6(5)4-9/h5-7H,2-4,9H2,1H3. The molecule has 0 aromatic carbocycles. The first-order valence-corrected chi connectivity index (χ1v) is 4.82. The smallest absolute Gasteiger partial charge is 0.0115 e. The highest BCUT2D eigenvalue weighted by Gasteiger charge is 2.27. The van der Waals surface area contributed by atoms with Gasteiger partial charge in [-0.2, -0.15) is 0 Å². The third-order valence-corrected chi connectivity index (χ3v) is 3.31. The quantitative estimate of drug-likeness (QED) is 0.548. The Morgan fingerprint density at radius 3 is 2.44 bits per heavy atom. The van der Waals surface area contributed by atoms with Gasteiger partial charge < -0.3 is 5.73 Å². The van der Waals surface area contributed by atoms with Gasteiger partial charge in [-0.15, -0.1) is 0 Å². The second-order valence-corrected chi connectivity index (χ2v) is 4.80. The summed E-state index contributed by atoms with van der Waals surface area (Å²) in [5, 5.41) is 0. The van der Waals surface area contributed by atoms with Crippen LogP contribution >= 0.6 is 22.6 Å². The van der Waals surface area contributed by atoms with Crippen LogP contribution < -0.4 is 5.73 Å². The molecule has 3 unspecified atom stereocenters. The average molecular weight is 239 g/mol. The molecule has 1 aliphatic carbocycles. The van der Waals surface area contributed by atoms with Crippen LogP contribution in [0.2, 0.25) is 0 Å². The minimum atomic E-state index is 0.812. The summed E-state index contributed by atoms with van der Waals surface area (Å²) in [6.07, 6.45) is 2.72. The van der Waals surface area contributed by atoms with E-state index < -0.39 is 0 Å². The highest BCUT2D eigenvalue weighted by molar-refractivity contribution is 14.1. The molecule has 0 amide bonds. The van der Waals surface area contributed by atoms with Crippen molar-refractivity contribution in [1.29, 1.82) is 0 Å². The SMILES string of the molecule is CC1CC(I)CC1CN. The molecule has 0 saturated heterocycles. The maximum absolute atomic E-state index is 5.58. The Hall–Kier alpha value is 0.690. The van der Waals surface area contributed by atoms with E-state index in [9.17, 15) is 0 Å². The number of hydrogen-bond donors (Lipinski definition) is 1. The number of hydrogen-bond acceptors (Lipinski definition) is 1. The Morgan fingerprint density at radius 1 is 1.56 bits per heavy atom. The maximum atomic E-state index is 5.58. The first-order chi connectivity index (χ1) is 4.24. The highest BCUT2D eigenvalue weighted by atomic mass is 127. The summed E-state index contributed by atoms with van der Waals surface area (Å²) in [6, 6.07) is 0. The van der Waals surface area contributed by atoms with Crippen LogP contribution in [-0.4, -0.2) is 10.5 Å². The molecule has 1 aliphatic rings. The van der Waals surface area contributed by atoms with Crippen molar-refractivity contribution in [2.75, 3.05) is 6.54 Å². The maximum Gasteiger partial charge on any atom is 0.0115 e. The number of alkyl halides is 1. The highest BCUT2D eigenvalue weighted by Crippen LogP contribution is 2.35. The molecule has 0 aliphatic heterocycles. The molecule has 0 radical (unpaired) electrons. The topological polar surface area (TPSA) is 26.0 Å². The summed E-state index contributed by atoms with van der Waals surface area (Å²) in [7, 11) is 0. The van der Waals surface area contributed by atoms with Gasteiger partial charge in [0.05, 0.1) is 0 Å². The van der Waals surface area contributed by atoms with Crippen molar-refractivity contribution in [3.05, 3.63) is 0 Å². The first kappa shape index (κ1) is 7.79. The normalized spacial score (nSPS) is 43.7. The molecule has 0 aromatic heterocycles. The van der Waals surface area contributed by atoms with Gasteiger partial charge in [0.1, 0.15) is 0 Å². The molecule has 2 N–H and O–H groups in total. The molecule has 54 valence electrons. The fourth-order valence-electron chi connectivity index (χ4n) is 1.58. The fourth-order valence-corrected chi connectivity index (χ4v) is 3.04. The van der Waals surface area contributed by atoms with Gasteiger partial charge in [-0.1, -0.05) is 29.5 Å². The third-order valence-electron chi connectivity index (χ3n) is 2.29. The van der Waals surface area contributed by atoms with Crippen LogP contribution in [0.3, 0.4) is 0 Å². The van der Waals surface area contributed by atoms with Crippen LogP contribution in [0.15, 0.2) is 0 Å². The Kier molecular flexibility index (Phi) is 2.76. The van der Waals surface area contributed by atoms with E-state index in [-0.39, 0.29) is 0 Å². The van der Waals surface area contributed by atoms with E-state index >= 15 is 0 Å². The van der Waals surface area contributed by atoms with Crippen molar-refractivity contribution in [1.82, 2.24) is 0 Å². The molecule has 0 bridgehead atoms. The van der Waals surface area contributed by atoms with E-state index in [1.54, 1.807) is 0 Å². The van der Waals surface area contributed by atoms with Gasteiger partial charge in [0, 0.05) is 3.92 Å². The molecular formula is C7H14IN. The van der Waals surface area contributed by atoms with E-state index in [0.29, 0.717) is 0 Å². The lowest BCUT2D eigenvalue weighted by atomic mass is 9.99. The number of rotatable bonds is 1. The molecule has 2 heteroatoms. The lowest BCUT2D eigenvalue weighted by molar-refractivity contribution is 0.429. The van der Waals surface area contributed by atoms with E-state index in [1.165, 1.54) is 12.8 Å². The van der Waals surface area contributed by atoms with Gasteiger partial charge in [0.2, 0.25) is 0 Å². The number of nitrogens with two attached hydrogens (primary N) is 1. The second kappa shape index (κ2) is 3.19. The molecule has 0 heterocycles. The van der Waals surface area contributed by atoms with Gasteiger partial charge >= 0.3 is 0 Å². The number of halogens is 1. The molecule has 0 spiro atoms. The second-order valence-electron chi connectivity index (χ2n) is 3.04. The summed E-state index contributed by atoms with van der Waals surface area (Å²) in [5.41, 5.74) is 5.58. The van der Waals surface area contributed by atoms with Gasteiger partial charge in [0.25, 0.3) is 0 Å². The van der Waals surface area contributed by atoms with Crippen LogP contribution in [0.1, 0.15) is 19.8 Å². The van der Waals surface area contributed by atoms with Crippen molar-refractivity contribution >= 4 is 22.6 Å². The Bertz CT molecular complexity index is 94.9. The molecule has 1 saturated carbocycles. The van der Waals surface area contributed by atoms with E-state index in [0.717, 1.165) is 22.3 Å². The minimum Gasteiger partial charge on any atom is -0.330 e. The largest absolute Gasteiger partial charge is 0.330 e. The lowest BCUT2D eigenvalue weighted by Gasteiger charge is -2.10. The fraction of sp³-hybridized carbons (Fsp3) is 1.00. The molecule has 0 aromatic rings. The van der Waals surface area contributed by atoms with Crippen molar-refractivity contribution in [2.24, 2.45) is 17.6 Å². The zero-order valence-electron chi connectivity index (χ0n) is 5.81. The minimum absolute atomic E-state index is 0.812. The molecule has 1 nitrogen and oxygen atoms in total. The first-order valence-electron chi connectivity index (χ1n) is 3.58.